The van der Waals surface area contributed by atoms with Gasteiger partial charge in [-0.1, -0.05) is 11.6 Å². The highest BCUT2D eigenvalue weighted by molar-refractivity contribution is 6.30. The Kier molecular flexibility index (Phi) is 7.32. The minimum atomic E-state index is -0.447. The molecule has 0 fully saturated rings. The van der Waals surface area contributed by atoms with Gasteiger partial charge in [-0.15, -0.1) is 0 Å². The summed E-state index contributed by atoms with van der Waals surface area (Å²) in [5, 5.41) is 18.7. The minimum absolute atomic E-state index is 0.00295. The zero-order valence-electron chi connectivity index (χ0n) is 17.9. The lowest BCUT2D eigenvalue weighted by molar-refractivity contribution is -0.386. The van der Waals surface area contributed by atoms with E-state index in [-0.39, 0.29) is 24.7 Å². The molecule has 1 amide bonds. The molecule has 1 heterocycles. The molecule has 1 aromatic heterocycles. The van der Waals surface area contributed by atoms with E-state index in [1.807, 2.05) is 0 Å². The van der Waals surface area contributed by atoms with E-state index in [2.05, 4.69) is 10.4 Å². The second-order valence-electron chi connectivity index (χ2n) is 7.02. The van der Waals surface area contributed by atoms with Crippen LogP contribution in [-0.4, -0.2) is 34.3 Å². The van der Waals surface area contributed by atoms with Crippen molar-refractivity contribution in [3.63, 3.8) is 0 Å². The molecule has 0 aliphatic heterocycles. The summed E-state index contributed by atoms with van der Waals surface area (Å²) in [5.74, 6) is 0.965. The van der Waals surface area contributed by atoms with Crippen LogP contribution in [-0.2, 0) is 13.2 Å². The number of nitro groups is 1. The summed E-state index contributed by atoms with van der Waals surface area (Å²) in [4.78, 5) is 23.3. The lowest BCUT2D eigenvalue weighted by Crippen LogP contribution is -2.28. The van der Waals surface area contributed by atoms with E-state index >= 15 is 0 Å². The molecule has 0 spiro atoms. The molecule has 10 heteroatoms. The molecule has 0 aliphatic rings. The standard InChI is InChI=1S/C22H23ClN4O5/c1-14-21(27(29)30)15(2)26(25-14)11-10-24-22(28)16-4-9-20(31-3)17(12-16)13-32-19-7-5-18(23)6-8-19/h4-9,12H,10-11,13H2,1-3H3,(H,24,28). The Labute approximate surface area is 190 Å². The van der Waals surface area contributed by atoms with Crippen LogP contribution < -0.4 is 14.8 Å². The summed E-state index contributed by atoms with van der Waals surface area (Å²) in [7, 11) is 1.55. The van der Waals surface area contributed by atoms with E-state index in [0.29, 0.717) is 45.6 Å². The Morgan fingerprint density at radius 1 is 1.22 bits per heavy atom. The van der Waals surface area contributed by atoms with Crippen molar-refractivity contribution in [2.24, 2.45) is 0 Å². The van der Waals surface area contributed by atoms with Crippen molar-refractivity contribution in [3.8, 4) is 11.5 Å². The average molecular weight is 459 g/mol. The summed E-state index contributed by atoms with van der Waals surface area (Å²) in [6.07, 6.45) is 0. The van der Waals surface area contributed by atoms with Gasteiger partial charge in [-0.3, -0.25) is 19.6 Å². The number of nitrogens with one attached hydrogen (secondary N) is 1. The van der Waals surface area contributed by atoms with Crippen LogP contribution >= 0.6 is 11.6 Å². The van der Waals surface area contributed by atoms with Crippen molar-refractivity contribution in [3.05, 3.63) is 80.1 Å². The van der Waals surface area contributed by atoms with E-state index in [1.165, 1.54) is 4.68 Å². The normalized spacial score (nSPS) is 10.6. The second kappa shape index (κ2) is 10.1. The van der Waals surface area contributed by atoms with Crippen LogP contribution in [0.1, 0.15) is 27.3 Å². The second-order valence-corrected chi connectivity index (χ2v) is 7.46. The van der Waals surface area contributed by atoms with Crippen molar-refractivity contribution in [2.45, 2.75) is 27.0 Å². The van der Waals surface area contributed by atoms with E-state index in [9.17, 15) is 14.9 Å². The van der Waals surface area contributed by atoms with E-state index in [4.69, 9.17) is 21.1 Å². The number of halogens is 1. The highest BCUT2D eigenvalue weighted by Gasteiger charge is 2.21. The van der Waals surface area contributed by atoms with Gasteiger partial charge in [-0.25, -0.2) is 0 Å². The molecule has 32 heavy (non-hydrogen) atoms. The van der Waals surface area contributed by atoms with E-state index in [0.717, 1.165) is 0 Å². The van der Waals surface area contributed by atoms with Gasteiger partial charge in [0.1, 0.15) is 29.5 Å². The fourth-order valence-electron chi connectivity index (χ4n) is 3.27. The quantitative estimate of drug-likeness (QED) is 0.382. The van der Waals surface area contributed by atoms with Gasteiger partial charge in [0.2, 0.25) is 0 Å². The summed E-state index contributed by atoms with van der Waals surface area (Å²) >= 11 is 5.89. The molecule has 0 atom stereocenters. The third-order valence-electron chi connectivity index (χ3n) is 4.89. The zero-order valence-corrected chi connectivity index (χ0v) is 18.7. The number of benzene rings is 2. The molecule has 0 saturated heterocycles. The molecule has 1 N–H and O–H groups in total. The number of carbonyl (C=O) groups is 1. The van der Waals surface area contributed by atoms with Gasteiger partial charge in [-0.2, -0.15) is 5.10 Å². The monoisotopic (exact) mass is 458 g/mol. The smallest absolute Gasteiger partial charge is 0.312 e. The molecule has 0 radical (unpaired) electrons. The van der Waals surface area contributed by atoms with Gasteiger partial charge in [-0.05, 0) is 56.3 Å². The van der Waals surface area contributed by atoms with Gasteiger partial charge >= 0.3 is 5.69 Å². The third-order valence-corrected chi connectivity index (χ3v) is 5.14. The summed E-state index contributed by atoms with van der Waals surface area (Å²) < 4.78 is 12.7. The number of rotatable bonds is 9. The van der Waals surface area contributed by atoms with Crippen molar-refractivity contribution in [2.75, 3.05) is 13.7 Å². The van der Waals surface area contributed by atoms with Crippen molar-refractivity contribution in [1.82, 2.24) is 15.1 Å². The Hall–Kier alpha value is -3.59. The highest BCUT2D eigenvalue weighted by atomic mass is 35.5. The average Bonchev–Trinajstić information content (AvgIpc) is 3.06. The first-order valence-electron chi connectivity index (χ1n) is 9.82. The Bertz CT molecular complexity index is 1130. The Morgan fingerprint density at radius 2 is 1.94 bits per heavy atom. The SMILES string of the molecule is COc1ccc(C(=O)NCCn2nc(C)c([N+](=O)[O-])c2C)cc1COc1ccc(Cl)cc1. The number of carbonyl (C=O) groups excluding carboxylic acids is 1. The van der Waals surface area contributed by atoms with Crippen LogP contribution in [0.2, 0.25) is 5.02 Å². The Balaban J connectivity index is 1.64. The highest BCUT2D eigenvalue weighted by Crippen LogP contribution is 2.24. The molecular formula is C22H23ClN4O5. The number of ether oxygens (including phenoxy) is 2. The molecule has 2 aromatic carbocycles. The fraction of sp³-hybridized carbons (Fsp3) is 0.273. The maximum Gasteiger partial charge on any atom is 0.312 e. The molecule has 0 bridgehead atoms. The topological polar surface area (TPSA) is 109 Å². The molecule has 0 saturated carbocycles. The summed E-state index contributed by atoms with van der Waals surface area (Å²) in [6.45, 7) is 4.01. The van der Waals surface area contributed by atoms with Gasteiger partial charge in [0, 0.05) is 22.7 Å². The first-order chi connectivity index (χ1) is 15.3. The lowest BCUT2D eigenvalue weighted by Gasteiger charge is -2.13. The molecule has 3 aromatic rings. The molecule has 168 valence electrons. The van der Waals surface area contributed by atoms with Crippen LogP contribution in [0, 0.1) is 24.0 Å². The number of hydrogen-bond donors (Lipinski definition) is 1. The van der Waals surface area contributed by atoms with E-state index < -0.39 is 4.92 Å². The third kappa shape index (κ3) is 5.36. The Morgan fingerprint density at radius 3 is 2.56 bits per heavy atom. The number of nitrogens with zero attached hydrogens (tertiary/aromatic N) is 3. The largest absolute Gasteiger partial charge is 0.496 e. The van der Waals surface area contributed by atoms with E-state index in [1.54, 1.807) is 63.4 Å². The zero-order chi connectivity index (χ0) is 23.3. The fourth-order valence-corrected chi connectivity index (χ4v) is 3.40. The molecule has 0 aliphatic carbocycles. The van der Waals surface area contributed by atoms with Gasteiger partial charge in [0.15, 0.2) is 0 Å². The van der Waals surface area contributed by atoms with Crippen molar-refractivity contribution < 1.29 is 19.2 Å². The maximum absolute atomic E-state index is 12.6. The van der Waals surface area contributed by atoms with Gasteiger partial charge < -0.3 is 14.8 Å². The molecule has 9 nitrogen and oxygen atoms in total. The summed E-state index contributed by atoms with van der Waals surface area (Å²) in [5.41, 5.74) is 1.95. The number of amides is 1. The number of hydrogen-bond acceptors (Lipinski definition) is 6. The first-order valence-corrected chi connectivity index (χ1v) is 10.2. The van der Waals surface area contributed by atoms with Crippen molar-refractivity contribution >= 4 is 23.2 Å². The van der Waals surface area contributed by atoms with Gasteiger partial charge in [0.25, 0.3) is 5.91 Å². The number of methoxy groups -OCH3 is 1. The molecule has 0 unspecified atom stereocenters. The van der Waals surface area contributed by atoms with Crippen LogP contribution in [0.15, 0.2) is 42.5 Å². The van der Waals surface area contributed by atoms with Crippen LogP contribution in [0.4, 0.5) is 5.69 Å². The number of aryl methyl sites for hydroxylation is 1. The van der Waals surface area contributed by atoms with Crippen LogP contribution in [0.3, 0.4) is 0 Å². The minimum Gasteiger partial charge on any atom is -0.496 e. The lowest BCUT2D eigenvalue weighted by atomic mass is 10.1. The predicted molar refractivity (Wildman–Crippen MR) is 119 cm³/mol. The van der Waals surface area contributed by atoms with Crippen LogP contribution in [0.25, 0.3) is 0 Å². The molecular weight excluding hydrogens is 436 g/mol. The number of aromatic nitrogens is 2. The summed E-state index contributed by atoms with van der Waals surface area (Å²) in [6, 6.07) is 12.1. The van der Waals surface area contributed by atoms with Crippen LogP contribution in [0.5, 0.6) is 11.5 Å². The first kappa shape index (κ1) is 23.1. The molecule has 3 rings (SSSR count). The maximum atomic E-state index is 12.6. The van der Waals surface area contributed by atoms with Crippen molar-refractivity contribution in [1.29, 1.82) is 0 Å². The predicted octanol–water partition coefficient (Wildman–Crippen LogP) is 4.08. The van der Waals surface area contributed by atoms with Gasteiger partial charge in [0.05, 0.1) is 18.6 Å².